The Labute approximate surface area is 166 Å². The molecule has 0 saturated heterocycles. The first-order chi connectivity index (χ1) is 12.7. The summed E-state index contributed by atoms with van der Waals surface area (Å²) in [6.07, 6.45) is 0.782. The summed E-state index contributed by atoms with van der Waals surface area (Å²) in [6.45, 7) is 13.1. The van der Waals surface area contributed by atoms with Crippen LogP contribution in [0.3, 0.4) is 0 Å². The number of aliphatic hydroxyl groups is 1. The molecule has 152 valence electrons. The average Bonchev–Trinajstić information content (AvgIpc) is 2.54. The van der Waals surface area contributed by atoms with Crippen LogP contribution in [0.1, 0.15) is 82.8 Å². The number of ether oxygens (including phenoxy) is 1. The van der Waals surface area contributed by atoms with Crippen LogP contribution in [0.25, 0.3) is 0 Å². The fraction of sp³-hybridized carbons (Fsp3) is 0.565. The van der Waals surface area contributed by atoms with Crippen molar-refractivity contribution >= 4 is 11.8 Å². The molecular formula is C23H30O5. The number of phenols is 1. The molecule has 1 saturated carbocycles. The van der Waals surface area contributed by atoms with Crippen molar-refractivity contribution in [2.24, 2.45) is 5.41 Å². The molecule has 0 heterocycles. The zero-order valence-corrected chi connectivity index (χ0v) is 17.8. The number of phenolic OH excluding ortho intramolecular Hbond substituents is 1. The average molecular weight is 386 g/mol. The summed E-state index contributed by atoms with van der Waals surface area (Å²) < 4.78 is 5.51. The first-order valence-electron chi connectivity index (χ1n) is 9.75. The van der Waals surface area contributed by atoms with E-state index in [1.54, 1.807) is 12.1 Å². The molecule has 5 heteroatoms. The van der Waals surface area contributed by atoms with Gasteiger partial charge in [0.25, 0.3) is 0 Å². The number of rotatable bonds is 1. The van der Waals surface area contributed by atoms with Crippen molar-refractivity contribution in [2.45, 2.75) is 78.2 Å². The molecule has 0 spiro atoms. The third kappa shape index (κ3) is 2.83. The highest BCUT2D eigenvalue weighted by Gasteiger charge is 2.55. The van der Waals surface area contributed by atoms with Crippen LogP contribution in [0.4, 0.5) is 0 Å². The van der Waals surface area contributed by atoms with Gasteiger partial charge in [-0.1, -0.05) is 41.5 Å². The van der Waals surface area contributed by atoms with Gasteiger partial charge < -0.3 is 14.9 Å². The normalized spacial score (nSPS) is 26.5. The van der Waals surface area contributed by atoms with Crippen LogP contribution in [-0.2, 0) is 20.4 Å². The highest BCUT2D eigenvalue weighted by Crippen LogP contribution is 2.57. The van der Waals surface area contributed by atoms with Gasteiger partial charge in [0.05, 0.1) is 0 Å². The maximum Gasteiger partial charge on any atom is 0.302 e. The Bertz CT molecular complexity index is 900. The number of Topliss-reactive ketones (excluding diaryl/α,β-unsaturated/α-hetero) is 1. The molecule has 1 aromatic carbocycles. The summed E-state index contributed by atoms with van der Waals surface area (Å²) in [7, 11) is 0. The maximum absolute atomic E-state index is 13.1. The molecule has 2 N–H and O–H groups in total. The number of hydrogen-bond acceptors (Lipinski definition) is 5. The third-order valence-electron chi connectivity index (χ3n) is 6.45. The van der Waals surface area contributed by atoms with E-state index in [4.69, 9.17) is 4.74 Å². The Hall–Kier alpha value is -2.30. The highest BCUT2D eigenvalue weighted by atomic mass is 16.5. The maximum atomic E-state index is 13.1. The zero-order valence-electron chi connectivity index (χ0n) is 17.8. The van der Waals surface area contributed by atoms with Gasteiger partial charge in [0, 0.05) is 23.3 Å². The van der Waals surface area contributed by atoms with E-state index in [9.17, 15) is 19.8 Å². The molecule has 2 atom stereocenters. The van der Waals surface area contributed by atoms with Crippen molar-refractivity contribution in [2.75, 3.05) is 0 Å². The summed E-state index contributed by atoms with van der Waals surface area (Å²) in [6, 6.07) is 3.40. The minimum atomic E-state index is -0.714. The molecule has 2 aliphatic carbocycles. The summed E-state index contributed by atoms with van der Waals surface area (Å²) >= 11 is 0. The van der Waals surface area contributed by atoms with Crippen LogP contribution in [-0.4, -0.2) is 28.1 Å². The summed E-state index contributed by atoms with van der Waals surface area (Å²) in [5.74, 6) is -0.926. The van der Waals surface area contributed by atoms with Gasteiger partial charge in [-0.25, -0.2) is 0 Å². The molecule has 3 rings (SSSR count). The van der Waals surface area contributed by atoms with Crippen LogP contribution >= 0.6 is 0 Å². The number of hydrogen-bond donors (Lipinski definition) is 2. The van der Waals surface area contributed by atoms with Crippen molar-refractivity contribution in [3.05, 3.63) is 40.2 Å². The van der Waals surface area contributed by atoms with Gasteiger partial charge in [-0.3, -0.25) is 9.59 Å². The number of ketones is 1. The van der Waals surface area contributed by atoms with E-state index in [1.807, 2.05) is 41.5 Å². The van der Waals surface area contributed by atoms with Crippen molar-refractivity contribution in [1.82, 2.24) is 0 Å². The SMILES string of the molecule is CC(=O)OC1CCC2(C)C(=C(O)C(=O)c3cc(C(C)(C)C)c(O)cc32)C1(C)C. The monoisotopic (exact) mass is 386 g/mol. The number of carbonyl (C=O) groups excluding carboxylic acids is 2. The minimum absolute atomic E-state index is 0.154. The van der Waals surface area contributed by atoms with Gasteiger partial charge >= 0.3 is 5.97 Å². The van der Waals surface area contributed by atoms with Gasteiger partial charge in [-0.15, -0.1) is 0 Å². The standard InChI is InChI=1S/C23H30O5/c1-12(24)28-17-8-9-23(7)14-11-16(25)15(21(2,3)4)10-13(14)18(26)19(27)20(23)22(17,5)6/h10-11,17,25,27H,8-9H2,1-7H3. The molecule has 0 bridgehead atoms. The Morgan fingerprint density at radius 3 is 2.32 bits per heavy atom. The lowest BCUT2D eigenvalue weighted by Gasteiger charge is -2.52. The molecule has 1 fully saturated rings. The van der Waals surface area contributed by atoms with E-state index in [0.717, 1.165) is 5.56 Å². The number of esters is 1. The Balaban J connectivity index is 2.24. The first kappa shape index (κ1) is 20.4. The van der Waals surface area contributed by atoms with Gasteiger partial charge in [0.1, 0.15) is 11.9 Å². The summed E-state index contributed by atoms with van der Waals surface area (Å²) in [5, 5.41) is 21.7. The first-order valence-corrected chi connectivity index (χ1v) is 9.75. The number of benzene rings is 1. The van der Waals surface area contributed by atoms with Crippen molar-refractivity contribution in [3.63, 3.8) is 0 Å². The molecule has 0 radical (unpaired) electrons. The van der Waals surface area contributed by atoms with Gasteiger partial charge in [-0.2, -0.15) is 0 Å². The number of allylic oxidation sites excluding steroid dienone is 1. The van der Waals surface area contributed by atoms with Crippen LogP contribution in [0, 0.1) is 5.41 Å². The molecule has 0 amide bonds. The second-order valence-electron chi connectivity index (χ2n) is 9.91. The molecule has 2 aliphatic rings. The van der Waals surface area contributed by atoms with Crippen LogP contribution < -0.4 is 0 Å². The lowest BCUT2D eigenvalue weighted by molar-refractivity contribution is -0.153. The number of aliphatic hydroxyl groups excluding tert-OH is 1. The quantitative estimate of drug-likeness (QED) is 0.683. The van der Waals surface area contributed by atoms with E-state index < -0.39 is 22.7 Å². The lowest BCUT2D eigenvalue weighted by atomic mass is 9.53. The molecule has 2 unspecified atom stereocenters. The number of aromatic hydroxyl groups is 1. The van der Waals surface area contributed by atoms with Crippen molar-refractivity contribution in [1.29, 1.82) is 0 Å². The van der Waals surface area contributed by atoms with E-state index >= 15 is 0 Å². The second-order valence-corrected chi connectivity index (χ2v) is 9.91. The van der Waals surface area contributed by atoms with Crippen molar-refractivity contribution < 1.29 is 24.5 Å². The van der Waals surface area contributed by atoms with Crippen LogP contribution in [0.5, 0.6) is 5.75 Å². The third-order valence-corrected chi connectivity index (χ3v) is 6.45. The van der Waals surface area contributed by atoms with Crippen LogP contribution in [0.15, 0.2) is 23.5 Å². The smallest absolute Gasteiger partial charge is 0.302 e. The zero-order chi connectivity index (χ0) is 21.2. The fourth-order valence-corrected chi connectivity index (χ4v) is 5.09. The van der Waals surface area contributed by atoms with E-state index in [1.165, 1.54) is 6.92 Å². The van der Waals surface area contributed by atoms with Gasteiger partial charge in [0.2, 0.25) is 5.78 Å². The Kier molecular flexibility index (Phi) is 4.45. The van der Waals surface area contributed by atoms with E-state index in [-0.39, 0.29) is 22.9 Å². The van der Waals surface area contributed by atoms with Crippen LogP contribution in [0.2, 0.25) is 0 Å². The Morgan fingerprint density at radius 1 is 1.18 bits per heavy atom. The minimum Gasteiger partial charge on any atom is -0.508 e. The number of carbonyl (C=O) groups is 2. The predicted octanol–water partition coefficient (Wildman–Crippen LogP) is 4.71. The topological polar surface area (TPSA) is 83.8 Å². The van der Waals surface area contributed by atoms with E-state index in [0.29, 0.717) is 29.5 Å². The van der Waals surface area contributed by atoms with Crippen molar-refractivity contribution in [3.8, 4) is 5.75 Å². The summed E-state index contributed by atoms with van der Waals surface area (Å²) in [5.41, 5.74) is 0.741. The number of fused-ring (bicyclic) bond motifs is 3. The molecule has 1 aromatic rings. The fourth-order valence-electron chi connectivity index (χ4n) is 5.09. The molecule has 0 aromatic heterocycles. The molecule has 5 nitrogen and oxygen atoms in total. The second kappa shape index (κ2) is 6.10. The van der Waals surface area contributed by atoms with Gasteiger partial charge in [0.15, 0.2) is 5.76 Å². The Morgan fingerprint density at radius 2 is 1.79 bits per heavy atom. The largest absolute Gasteiger partial charge is 0.508 e. The van der Waals surface area contributed by atoms with E-state index in [2.05, 4.69) is 0 Å². The summed E-state index contributed by atoms with van der Waals surface area (Å²) in [4.78, 5) is 24.7. The van der Waals surface area contributed by atoms with Gasteiger partial charge in [-0.05, 0) is 47.1 Å². The molecule has 0 aliphatic heterocycles. The molecule has 28 heavy (non-hydrogen) atoms. The lowest BCUT2D eigenvalue weighted by Crippen LogP contribution is -2.50. The highest BCUT2D eigenvalue weighted by molar-refractivity contribution is 6.11. The molecular weight excluding hydrogens is 356 g/mol. The predicted molar refractivity (Wildman–Crippen MR) is 107 cm³/mol.